The molecule has 1 amide bonds. The monoisotopic (exact) mass is 481 g/mol. The highest BCUT2D eigenvalue weighted by atomic mass is 35.5. The van der Waals surface area contributed by atoms with Crippen molar-refractivity contribution in [3.63, 3.8) is 0 Å². The molecule has 0 bridgehead atoms. The van der Waals surface area contributed by atoms with Gasteiger partial charge in [-0.15, -0.1) is 0 Å². The van der Waals surface area contributed by atoms with Crippen molar-refractivity contribution in [2.45, 2.75) is 11.8 Å². The number of aryl methyl sites for hydroxylation is 1. The first kappa shape index (κ1) is 22.6. The van der Waals surface area contributed by atoms with Gasteiger partial charge in [-0.1, -0.05) is 59.2 Å². The first-order chi connectivity index (χ1) is 15.8. The zero-order chi connectivity index (χ0) is 23.6. The SMILES string of the molecule is Cc1onc(-c2ccccc2Cl)c1C(=O)Nc1cccc(S(=O)(=O)N(C)c2ccccc2)c1. The summed E-state index contributed by atoms with van der Waals surface area (Å²) in [4.78, 5) is 13.1. The average Bonchev–Trinajstić information content (AvgIpc) is 3.20. The number of sulfonamides is 1. The average molecular weight is 482 g/mol. The smallest absolute Gasteiger partial charge is 0.264 e. The van der Waals surface area contributed by atoms with Crippen molar-refractivity contribution in [3.8, 4) is 11.3 Å². The zero-order valence-electron chi connectivity index (χ0n) is 17.8. The van der Waals surface area contributed by atoms with Gasteiger partial charge in [0, 0.05) is 18.3 Å². The number of hydrogen-bond donors (Lipinski definition) is 1. The summed E-state index contributed by atoms with van der Waals surface area (Å²) >= 11 is 6.27. The van der Waals surface area contributed by atoms with E-state index < -0.39 is 15.9 Å². The Labute approximate surface area is 196 Å². The molecule has 1 aromatic heterocycles. The van der Waals surface area contributed by atoms with Crippen LogP contribution in [0.25, 0.3) is 11.3 Å². The number of nitrogens with zero attached hydrogens (tertiary/aromatic N) is 2. The Kier molecular flexibility index (Phi) is 6.22. The molecule has 0 atom stereocenters. The van der Waals surface area contributed by atoms with E-state index in [9.17, 15) is 13.2 Å². The number of benzene rings is 3. The lowest BCUT2D eigenvalue weighted by Crippen LogP contribution is -2.26. The second-order valence-electron chi connectivity index (χ2n) is 7.23. The van der Waals surface area contributed by atoms with E-state index in [1.165, 1.54) is 23.5 Å². The highest BCUT2D eigenvalue weighted by Crippen LogP contribution is 2.32. The van der Waals surface area contributed by atoms with Gasteiger partial charge in [0.1, 0.15) is 17.0 Å². The van der Waals surface area contributed by atoms with Crippen LogP contribution in [0.5, 0.6) is 0 Å². The van der Waals surface area contributed by atoms with Crippen molar-refractivity contribution in [1.29, 1.82) is 0 Å². The fraction of sp³-hybridized carbons (Fsp3) is 0.0833. The molecule has 9 heteroatoms. The van der Waals surface area contributed by atoms with Crippen LogP contribution in [0.1, 0.15) is 16.1 Å². The largest absolute Gasteiger partial charge is 0.360 e. The number of halogens is 1. The molecule has 1 heterocycles. The molecule has 0 radical (unpaired) electrons. The van der Waals surface area contributed by atoms with Crippen molar-refractivity contribution < 1.29 is 17.7 Å². The number of carbonyl (C=O) groups is 1. The van der Waals surface area contributed by atoms with Crippen LogP contribution in [0, 0.1) is 6.92 Å². The highest BCUT2D eigenvalue weighted by molar-refractivity contribution is 7.92. The summed E-state index contributed by atoms with van der Waals surface area (Å²) in [6.07, 6.45) is 0. The molecule has 0 aliphatic rings. The fourth-order valence-electron chi connectivity index (χ4n) is 3.34. The first-order valence-electron chi connectivity index (χ1n) is 9.95. The Hall–Kier alpha value is -3.62. The van der Waals surface area contributed by atoms with Crippen molar-refractivity contribution in [1.82, 2.24) is 5.16 Å². The van der Waals surface area contributed by atoms with Crippen molar-refractivity contribution in [3.05, 3.63) is 95.2 Å². The van der Waals surface area contributed by atoms with Crippen LogP contribution < -0.4 is 9.62 Å². The van der Waals surface area contributed by atoms with Gasteiger partial charge in [-0.05, 0) is 43.3 Å². The number of aromatic nitrogens is 1. The maximum atomic E-state index is 13.1. The molecule has 0 saturated heterocycles. The van der Waals surface area contributed by atoms with Crippen molar-refractivity contribution in [2.75, 3.05) is 16.7 Å². The molecule has 4 rings (SSSR count). The van der Waals surface area contributed by atoms with E-state index in [0.29, 0.717) is 33.4 Å². The molecule has 168 valence electrons. The Balaban J connectivity index is 1.64. The van der Waals surface area contributed by atoms with Crippen LogP contribution in [0.3, 0.4) is 0 Å². The molecule has 0 spiro atoms. The predicted octanol–water partition coefficient (Wildman–Crippen LogP) is 5.38. The van der Waals surface area contributed by atoms with Crippen LogP contribution >= 0.6 is 11.6 Å². The van der Waals surface area contributed by atoms with Gasteiger partial charge < -0.3 is 9.84 Å². The van der Waals surface area contributed by atoms with Crippen LogP contribution in [0.15, 0.2) is 88.3 Å². The number of carbonyl (C=O) groups excluding carboxylic acids is 1. The van der Waals surface area contributed by atoms with Gasteiger partial charge in [-0.3, -0.25) is 9.10 Å². The van der Waals surface area contributed by atoms with E-state index in [0.717, 1.165) is 0 Å². The predicted molar refractivity (Wildman–Crippen MR) is 128 cm³/mol. The van der Waals surface area contributed by atoms with Gasteiger partial charge >= 0.3 is 0 Å². The lowest BCUT2D eigenvalue weighted by atomic mass is 10.1. The van der Waals surface area contributed by atoms with Crippen LogP contribution in [0.4, 0.5) is 11.4 Å². The first-order valence-corrected chi connectivity index (χ1v) is 11.8. The molecule has 0 aliphatic carbocycles. The van der Waals surface area contributed by atoms with Gasteiger partial charge in [0.15, 0.2) is 0 Å². The molecule has 33 heavy (non-hydrogen) atoms. The number of amides is 1. The molecule has 0 fully saturated rings. The van der Waals surface area contributed by atoms with Crippen LogP contribution in [-0.2, 0) is 10.0 Å². The normalized spacial score (nSPS) is 11.2. The lowest BCUT2D eigenvalue weighted by molar-refractivity contribution is 0.102. The molecule has 4 aromatic rings. The molecule has 7 nitrogen and oxygen atoms in total. The number of anilines is 2. The Bertz CT molecular complexity index is 1420. The maximum Gasteiger partial charge on any atom is 0.264 e. The standard InChI is InChI=1S/C24H20ClN3O4S/c1-16-22(23(27-32-16)20-13-6-7-14-21(20)25)24(29)26-17-9-8-12-19(15-17)33(30,31)28(2)18-10-4-3-5-11-18/h3-15H,1-2H3,(H,26,29). The molecule has 1 N–H and O–H groups in total. The lowest BCUT2D eigenvalue weighted by Gasteiger charge is -2.19. The molecular formula is C24H20ClN3O4S. The molecule has 0 saturated carbocycles. The molecular weight excluding hydrogens is 462 g/mol. The minimum atomic E-state index is -3.84. The zero-order valence-corrected chi connectivity index (χ0v) is 19.4. The third-order valence-corrected chi connectivity index (χ3v) is 7.20. The summed E-state index contributed by atoms with van der Waals surface area (Å²) in [7, 11) is -2.36. The van der Waals surface area contributed by atoms with Gasteiger partial charge in [0.25, 0.3) is 15.9 Å². The van der Waals surface area contributed by atoms with Crippen molar-refractivity contribution >= 4 is 38.9 Å². The summed E-state index contributed by atoms with van der Waals surface area (Å²) in [5.74, 6) is -0.176. The Morgan fingerprint density at radius 1 is 1.00 bits per heavy atom. The van der Waals surface area contributed by atoms with E-state index in [2.05, 4.69) is 10.5 Å². The quantitative estimate of drug-likeness (QED) is 0.399. The van der Waals surface area contributed by atoms with E-state index in [4.69, 9.17) is 16.1 Å². The summed E-state index contributed by atoms with van der Waals surface area (Å²) in [6.45, 7) is 1.62. The van der Waals surface area contributed by atoms with Gasteiger partial charge in [0.2, 0.25) is 0 Å². The van der Waals surface area contributed by atoms with E-state index in [1.54, 1.807) is 67.6 Å². The number of rotatable bonds is 6. The minimum Gasteiger partial charge on any atom is -0.360 e. The maximum absolute atomic E-state index is 13.1. The second-order valence-corrected chi connectivity index (χ2v) is 9.61. The van der Waals surface area contributed by atoms with Gasteiger partial charge in [-0.2, -0.15) is 0 Å². The topological polar surface area (TPSA) is 92.5 Å². The fourth-order valence-corrected chi connectivity index (χ4v) is 4.81. The van der Waals surface area contributed by atoms with Gasteiger partial charge in [-0.25, -0.2) is 8.42 Å². The molecule has 3 aromatic carbocycles. The van der Waals surface area contributed by atoms with Crippen LogP contribution in [-0.4, -0.2) is 26.5 Å². The van der Waals surface area contributed by atoms with Crippen LogP contribution in [0.2, 0.25) is 5.02 Å². The summed E-state index contributed by atoms with van der Waals surface area (Å²) in [5.41, 5.74) is 1.92. The number of nitrogens with one attached hydrogen (secondary N) is 1. The third-order valence-electron chi connectivity index (χ3n) is 5.09. The Morgan fingerprint density at radius 2 is 1.70 bits per heavy atom. The third kappa shape index (κ3) is 4.48. The summed E-state index contributed by atoms with van der Waals surface area (Å²) in [5, 5.41) is 7.17. The van der Waals surface area contributed by atoms with E-state index in [1.807, 2.05) is 6.07 Å². The molecule has 0 aliphatic heterocycles. The van der Waals surface area contributed by atoms with Crippen molar-refractivity contribution in [2.24, 2.45) is 0 Å². The number of para-hydroxylation sites is 1. The van der Waals surface area contributed by atoms with E-state index >= 15 is 0 Å². The minimum absolute atomic E-state index is 0.0417. The van der Waals surface area contributed by atoms with Gasteiger partial charge in [0.05, 0.1) is 15.6 Å². The second kappa shape index (κ2) is 9.09. The van der Waals surface area contributed by atoms with E-state index in [-0.39, 0.29) is 10.5 Å². The summed E-state index contributed by atoms with van der Waals surface area (Å²) < 4.78 is 32.6. The molecule has 0 unspecified atom stereocenters. The summed E-state index contributed by atoms with van der Waals surface area (Å²) in [6, 6.07) is 21.8. The Morgan fingerprint density at radius 3 is 2.42 bits per heavy atom. The number of hydrogen-bond acceptors (Lipinski definition) is 5. The highest BCUT2D eigenvalue weighted by Gasteiger charge is 2.25.